The monoisotopic (exact) mass is 219 g/mol. The van der Waals surface area contributed by atoms with E-state index in [1.54, 1.807) is 6.20 Å². The SMILES string of the molecule is Cc1ncc(C(N)=O)c(CC2CCCC2)n1. The summed E-state index contributed by atoms with van der Waals surface area (Å²) < 4.78 is 0. The summed E-state index contributed by atoms with van der Waals surface area (Å²) in [7, 11) is 0. The number of primary amides is 1. The number of carbonyl (C=O) groups is 1. The number of nitrogens with zero attached hydrogens (tertiary/aromatic N) is 2. The number of hydrogen-bond acceptors (Lipinski definition) is 3. The van der Waals surface area contributed by atoms with Crippen molar-refractivity contribution in [3.63, 3.8) is 0 Å². The molecule has 1 aliphatic carbocycles. The lowest BCUT2D eigenvalue weighted by atomic mass is 9.99. The minimum Gasteiger partial charge on any atom is -0.365 e. The van der Waals surface area contributed by atoms with E-state index in [0.717, 1.165) is 12.1 Å². The fraction of sp³-hybridized carbons (Fsp3) is 0.583. The van der Waals surface area contributed by atoms with Gasteiger partial charge in [-0.25, -0.2) is 9.97 Å². The van der Waals surface area contributed by atoms with Gasteiger partial charge in [-0.2, -0.15) is 0 Å². The first-order valence-electron chi connectivity index (χ1n) is 5.79. The first kappa shape index (κ1) is 11.0. The molecule has 1 heterocycles. The molecule has 2 rings (SSSR count). The van der Waals surface area contributed by atoms with Crippen molar-refractivity contribution in [1.29, 1.82) is 0 Å². The Balaban J connectivity index is 2.22. The van der Waals surface area contributed by atoms with E-state index in [-0.39, 0.29) is 0 Å². The molecule has 0 aromatic carbocycles. The molecule has 0 aliphatic heterocycles. The maximum Gasteiger partial charge on any atom is 0.252 e. The summed E-state index contributed by atoms with van der Waals surface area (Å²) in [4.78, 5) is 19.6. The first-order valence-corrected chi connectivity index (χ1v) is 5.79. The van der Waals surface area contributed by atoms with Gasteiger partial charge in [0.1, 0.15) is 5.82 Å². The van der Waals surface area contributed by atoms with Crippen LogP contribution in [0.4, 0.5) is 0 Å². The van der Waals surface area contributed by atoms with Crippen LogP contribution < -0.4 is 5.73 Å². The Kier molecular flexibility index (Phi) is 3.17. The number of aromatic nitrogens is 2. The van der Waals surface area contributed by atoms with Crippen molar-refractivity contribution in [2.75, 3.05) is 0 Å². The number of nitrogens with two attached hydrogens (primary N) is 1. The van der Waals surface area contributed by atoms with Crippen molar-refractivity contribution in [1.82, 2.24) is 9.97 Å². The maximum atomic E-state index is 11.2. The number of aryl methyl sites for hydroxylation is 1. The van der Waals surface area contributed by atoms with Gasteiger partial charge in [-0.1, -0.05) is 25.7 Å². The summed E-state index contributed by atoms with van der Waals surface area (Å²) in [6, 6.07) is 0. The molecule has 0 saturated heterocycles. The summed E-state index contributed by atoms with van der Waals surface area (Å²) in [5.74, 6) is 0.943. The van der Waals surface area contributed by atoms with Gasteiger partial charge < -0.3 is 5.73 Å². The third-order valence-electron chi connectivity index (χ3n) is 3.21. The molecule has 16 heavy (non-hydrogen) atoms. The van der Waals surface area contributed by atoms with Crippen molar-refractivity contribution < 1.29 is 4.79 Å². The van der Waals surface area contributed by atoms with Crippen molar-refractivity contribution in [3.05, 3.63) is 23.3 Å². The van der Waals surface area contributed by atoms with Crippen LogP contribution in [0.15, 0.2) is 6.20 Å². The van der Waals surface area contributed by atoms with Crippen LogP contribution in [-0.4, -0.2) is 15.9 Å². The summed E-state index contributed by atoms with van der Waals surface area (Å²) >= 11 is 0. The highest BCUT2D eigenvalue weighted by Gasteiger charge is 2.19. The van der Waals surface area contributed by atoms with E-state index in [0.29, 0.717) is 17.3 Å². The minimum absolute atomic E-state index is 0.423. The number of rotatable bonds is 3. The molecule has 4 nitrogen and oxygen atoms in total. The van der Waals surface area contributed by atoms with E-state index in [1.807, 2.05) is 6.92 Å². The Morgan fingerprint density at radius 1 is 1.50 bits per heavy atom. The predicted molar refractivity (Wildman–Crippen MR) is 60.9 cm³/mol. The molecule has 0 atom stereocenters. The van der Waals surface area contributed by atoms with Gasteiger partial charge in [0.2, 0.25) is 0 Å². The normalized spacial score (nSPS) is 16.6. The Bertz CT molecular complexity index is 397. The molecule has 0 radical (unpaired) electrons. The first-order chi connectivity index (χ1) is 7.66. The molecule has 1 amide bonds. The molecule has 0 bridgehead atoms. The quantitative estimate of drug-likeness (QED) is 0.839. The largest absolute Gasteiger partial charge is 0.365 e. The average Bonchev–Trinajstić information content (AvgIpc) is 2.70. The highest BCUT2D eigenvalue weighted by molar-refractivity contribution is 5.93. The van der Waals surface area contributed by atoms with Gasteiger partial charge in [-0.05, 0) is 19.3 Å². The molecule has 86 valence electrons. The fourth-order valence-electron chi connectivity index (χ4n) is 2.37. The standard InChI is InChI=1S/C12H17N3O/c1-8-14-7-10(12(13)16)11(15-8)6-9-4-2-3-5-9/h7,9H,2-6H2,1H3,(H2,13,16). The summed E-state index contributed by atoms with van der Waals surface area (Å²) in [5, 5.41) is 0. The Labute approximate surface area is 95.3 Å². The van der Waals surface area contributed by atoms with Crippen LogP contribution in [0.1, 0.15) is 47.6 Å². The van der Waals surface area contributed by atoms with Crippen LogP contribution in [0.3, 0.4) is 0 Å². The predicted octanol–water partition coefficient (Wildman–Crippen LogP) is 1.62. The van der Waals surface area contributed by atoms with Crippen LogP contribution in [-0.2, 0) is 6.42 Å². The average molecular weight is 219 g/mol. The van der Waals surface area contributed by atoms with Gasteiger partial charge >= 0.3 is 0 Å². The molecule has 0 spiro atoms. The Hall–Kier alpha value is -1.45. The number of carbonyl (C=O) groups excluding carboxylic acids is 1. The minimum atomic E-state index is -0.423. The van der Waals surface area contributed by atoms with Crippen LogP contribution in [0.5, 0.6) is 0 Å². The van der Waals surface area contributed by atoms with Gasteiger partial charge in [0, 0.05) is 6.20 Å². The van der Waals surface area contributed by atoms with Crippen LogP contribution in [0, 0.1) is 12.8 Å². The zero-order chi connectivity index (χ0) is 11.5. The topological polar surface area (TPSA) is 68.9 Å². The van der Waals surface area contributed by atoms with E-state index in [1.165, 1.54) is 25.7 Å². The molecule has 1 aromatic heterocycles. The number of amides is 1. The second kappa shape index (κ2) is 4.60. The van der Waals surface area contributed by atoms with Gasteiger partial charge in [0.15, 0.2) is 0 Å². The molecule has 1 aromatic rings. The van der Waals surface area contributed by atoms with Crippen molar-refractivity contribution in [3.8, 4) is 0 Å². The van der Waals surface area contributed by atoms with Gasteiger partial charge in [-0.3, -0.25) is 4.79 Å². The maximum absolute atomic E-state index is 11.2. The summed E-state index contributed by atoms with van der Waals surface area (Å²) in [6.07, 6.45) is 7.47. The van der Waals surface area contributed by atoms with Crippen LogP contribution >= 0.6 is 0 Å². The molecule has 1 saturated carbocycles. The van der Waals surface area contributed by atoms with E-state index < -0.39 is 5.91 Å². The van der Waals surface area contributed by atoms with E-state index in [4.69, 9.17) is 5.73 Å². The lowest BCUT2D eigenvalue weighted by molar-refractivity contribution is 0.0998. The zero-order valence-electron chi connectivity index (χ0n) is 9.57. The smallest absolute Gasteiger partial charge is 0.252 e. The molecular weight excluding hydrogens is 202 g/mol. The third kappa shape index (κ3) is 2.38. The lowest BCUT2D eigenvalue weighted by Gasteiger charge is -2.11. The second-order valence-electron chi connectivity index (χ2n) is 4.50. The van der Waals surface area contributed by atoms with Crippen molar-refractivity contribution >= 4 is 5.91 Å². The zero-order valence-corrected chi connectivity index (χ0v) is 9.57. The molecule has 2 N–H and O–H groups in total. The fourth-order valence-corrected chi connectivity index (χ4v) is 2.37. The third-order valence-corrected chi connectivity index (χ3v) is 3.21. The Morgan fingerprint density at radius 3 is 2.81 bits per heavy atom. The van der Waals surface area contributed by atoms with Gasteiger partial charge in [0.05, 0.1) is 11.3 Å². The molecule has 0 unspecified atom stereocenters. The van der Waals surface area contributed by atoms with E-state index in [9.17, 15) is 4.79 Å². The molecule has 1 fully saturated rings. The van der Waals surface area contributed by atoms with Gasteiger partial charge in [0.25, 0.3) is 5.91 Å². The van der Waals surface area contributed by atoms with Crippen LogP contribution in [0.2, 0.25) is 0 Å². The summed E-state index contributed by atoms with van der Waals surface area (Å²) in [6.45, 7) is 1.84. The summed E-state index contributed by atoms with van der Waals surface area (Å²) in [5.41, 5.74) is 6.63. The van der Waals surface area contributed by atoms with Crippen molar-refractivity contribution in [2.45, 2.75) is 39.0 Å². The number of hydrogen-bond donors (Lipinski definition) is 1. The van der Waals surface area contributed by atoms with E-state index >= 15 is 0 Å². The highest BCUT2D eigenvalue weighted by Crippen LogP contribution is 2.28. The van der Waals surface area contributed by atoms with Crippen LogP contribution in [0.25, 0.3) is 0 Å². The molecular formula is C12H17N3O. The molecule has 4 heteroatoms. The Morgan fingerprint density at radius 2 is 2.19 bits per heavy atom. The lowest BCUT2D eigenvalue weighted by Crippen LogP contribution is -2.17. The highest BCUT2D eigenvalue weighted by atomic mass is 16.1. The van der Waals surface area contributed by atoms with Gasteiger partial charge in [-0.15, -0.1) is 0 Å². The van der Waals surface area contributed by atoms with E-state index in [2.05, 4.69) is 9.97 Å². The van der Waals surface area contributed by atoms with Crippen molar-refractivity contribution in [2.24, 2.45) is 11.7 Å². The molecule has 1 aliphatic rings. The second-order valence-corrected chi connectivity index (χ2v) is 4.50.